The molecule has 0 aliphatic heterocycles. The van der Waals surface area contributed by atoms with Gasteiger partial charge in [0.05, 0.1) is 0 Å². The molecule has 270 valence electrons. The summed E-state index contributed by atoms with van der Waals surface area (Å²) in [6.45, 7) is 6.51. The van der Waals surface area contributed by atoms with E-state index in [1.54, 1.807) is 0 Å². The van der Waals surface area contributed by atoms with Crippen LogP contribution in [0.3, 0.4) is 0 Å². The van der Waals surface area contributed by atoms with E-state index >= 15 is 0 Å². The molecule has 0 amide bonds. The first-order valence-electron chi connectivity index (χ1n) is 19.7. The molecule has 0 rings (SSSR count). The van der Waals surface area contributed by atoms with Crippen LogP contribution in [0, 0.1) is 0 Å². The molecule has 0 aromatic heterocycles. The first kappa shape index (κ1) is 44.1. The van der Waals surface area contributed by atoms with Gasteiger partial charge < -0.3 is 14.2 Å². The highest BCUT2D eigenvalue weighted by atomic mass is 16.6. The standard InChI is InChI=1S/C40H74O6/c1-4-7-10-13-16-18-19-20-21-22-23-25-27-30-33-39(42)45-36-37(35-44-38(41)32-29-26-15-12-9-6-3)46-40(43)34-31-28-24-17-14-11-8-5-2/h19-20,37H,4-18,21-36H2,1-3H3/b20-19-. The minimum absolute atomic E-state index is 0.0710. The maximum atomic E-state index is 12.5. The molecule has 1 atom stereocenters. The second-order valence-corrected chi connectivity index (χ2v) is 13.2. The van der Waals surface area contributed by atoms with Crippen LogP contribution in [-0.2, 0) is 28.6 Å². The van der Waals surface area contributed by atoms with E-state index < -0.39 is 6.10 Å². The van der Waals surface area contributed by atoms with Gasteiger partial charge in [-0.15, -0.1) is 0 Å². The SMILES string of the molecule is CCCCCCC/C=C\CCCCCCCC(=O)OCC(COC(=O)CCCCCCCC)OC(=O)CCCCCCCCCC. The average Bonchev–Trinajstić information content (AvgIpc) is 3.05. The number of hydrogen-bond acceptors (Lipinski definition) is 6. The lowest BCUT2D eigenvalue weighted by atomic mass is 10.1. The van der Waals surface area contributed by atoms with Crippen LogP contribution >= 0.6 is 0 Å². The van der Waals surface area contributed by atoms with Crippen LogP contribution in [0.25, 0.3) is 0 Å². The molecule has 0 radical (unpaired) electrons. The Morgan fingerprint density at radius 2 is 0.717 bits per heavy atom. The average molecular weight is 651 g/mol. The lowest BCUT2D eigenvalue weighted by Crippen LogP contribution is -2.30. The van der Waals surface area contributed by atoms with Crippen molar-refractivity contribution in [1.82, 2.24) is 0 Å². The molecular formula is C40H74O6. The van der Waals surface area contributed by atoms with Gasteiger partial charge in [-0.05, 0) is 44.9 Å². The zero-order valence-corrected chi connectivity index (χ0v) is 30.6. The molecule has 1 unspecified atom stereocenters. The van der Waals surface area contributed by atoms with Crippen molar-refractivity contribution in [3.05, 3.63) is 12.2 Å². The fourth-order valence-corrected chi connectivity index (χ4v) is 5.49. The summed E-state index contributed by atoms with van der Waals surface area (Å²) >= 11 is 0. The molecule has 0 saturated carbocycles. The lowest BCUT2D eigenvalue weighted by molar-refractivity contribution is -0.167. The van der Waals surface area contributed by atoms with Crippen molar-refractivity contribution >= 4 is 17.9 Å². The first-order valence-corrected chi connectivity index (χ1v) is 19.7. The maximum absolute atomic E-state index is 12.5. The van der Waals surface area contributed by atoms with Crippen LogP contribution in [0.5, 0.6) is 0 Å². The zero-order valence-electron chi connectivity index (χ0n) is 30.6. The molecule has 6 nitrogen and oxygen atoms in total. The van der Waals surface area contributed by atoms with Crippen LogP contribution in [0.15, 0.2) is 12.2 Å². The van der Waals surface area contributed by atoms with Crippen LogP contribution < -0.4 is 0 Å². The summed E-state index contributed by atoms with van der Waals surface area (Å²) in [4.78, 5) is 37.2. The number of hydrogen-bond donors (Lipinski definition) is 0. The van der Waals surface area contributed by atoms with Gasteiger partial charge in [0.2, 0.25) is 0 Å². The van der Waals surface area contributed by atoms with Crippen molar-refractivity contribution in [3.63, 3.8) is 0 Å². The second-order valence-electron chi connectivity index (χ2n) is 13.2. The smallest absolute Gasteiger partial charge is 0.306 e. The molecule has 6 heteroatoms. The Kier molecular flexibility index (Phi) is 34.5. The molecule has 0 aliphatic rings. The summed E-state index contributed by atoms with van der Waals surface area (Å²) < 4.78 is 16.5. The Morgan fingerprint density at radius 1 is 0.413 bits per heavy atom. The van der Waals surface area contributed by atoms with Crippen molar-refractivity contribution in [2.45, 2.75) is 213 Å². The van der Waals surface area contributed by atoms with E-state index in [2.05, 4.69) is 32.9 Å². The minimum atomic E-state index is -0.761. The Labute approximate surface area is 284 Å². The Morgan fingerprint density at radius 3 is 1.09 bits per heavy atom. The zero-order chi connectivity index (χ0) is 33.8. The third kappa shape index (κ3) is 33.5. The number of unbranched alkanes of at least 4 members (excludes halogenated alkanes) is 22. The van der Waals surface area contributed by atoms with E-state index in [1.165, 1.54) is 103 Å². The fourth-order valence-electron chi connectivity index (χ4n) is 5.49. The van der Waals surface area contributed by atoms with Crippen molar-refractivity contribution in [2.75, 3.05) is 13.2 Å². The molecule has 0 heterocycles. The van der Waals surface area contributed by atoms with Gasteiger partial charge in [0.25, 0.3) is 0 Å². The summed E-state index contributed by atoms with van der Waals surface area (Å²) in [5, 5.41) is 0. The van der Waals surface area contributed by atoms with Gasteiger partial charge >= 0.3 is 17.9 Å². The fraction of sp³-hybridized carbons (Fsp3) is 0.875. The number of ether oxygens (including phenoxy) is 3. The number of carbonyl (C=O) groups excluding carboxylic acids is 3. The van der Waals surface area contributed by atoms with E-state index in [4.69, 9.17) is 14.2 Å². The summed E-state index contributed by atoms with van der Waals surface area (Å²) in [6, 6.07) is 0. The quantitative estimate of drug-likeness (QED) is 0.0294. The Balaban J connectivity index is 4.27. The van der Waals surface area contributed by atoms with Gasteiger partial charge in [0.15, 0.2) is 6.10 Å². The van der Waals surface area contributed by atoms with Crippen LogP contribution in [0.4, 0.5) is 0 Å². The van der Waals surface area contributed by atoms with Gasteiger partial charge in [-0.3, -0.25) is 14.4 Å². The van der Waals surface area contributed by atoms with Crippen LogP contribution in [0.2, 0.25) is 0 Å². The molecule has 0 aromatic rings. The molecule has 46 heavy (non-hydrogen) atoms. The molecule has 0 spiro atoms. The van der Waals surface area contributed by atoms with Gasteiger partial charge in [-0.1, -0.05) is 155 Å². The number of esters is 3. The molecule has 0 saturated heterocycles. The Bertz CT molecular complexity index is 719. The molecule has 0 aromatic carbocycles. The number of carbonyl (C=O) groups is 3. The summed E-state index contributed by atoms with van der Waals surface area (Å²) in [5.74, 6) is -0.894. The van der Waals surface area contributed by atoms with E-state index in [1.807, 2.05) is 0 Å². The molecule has 0 fully saturated rings. The normalized spacial score (nSPS) is 12.0. The van der Waals surface area contributed by atoms with Crippen molar-refractivity contribution in [2.24, 2.45) is 0 Å². The van der Waals surface area contributed by atoms with E-state index in [9.17, 15) is 14.4 Å². The molecule has 0 bridgehead atoms. The maximum Gasteiger partial charge on any atom is 0.306 e. The van der Waals surface area contributed by atoms with E-state index in [-0.39, 0.29) is 31.1 Å². The second kappa shape index (κ2) is 36.0. The first-order chi connectivity index (χ1) is 22.5. The predicted molar refractivity (Wildman–Crippen MR) is 192 cm³/mol. The van der Waals surface area contributed by atoms with Crippen LogP contribution in [0.1, 0.15) is 207 Å². The van der Waals surface area contributed by atoms with Gasteiger partial charge in [-0.25, -0.2) is 0 Å². The summed E-state index contributed by atoms with van der Waals surface area (Å²) in [7, 11) is 0. The number of rotatable bonds is 35. The van der Waals surface area contributed by atoms with Gasteiger partial charge in [0.1, 0.15) is 13.2 Å². The van der Waals surface area contributed by atoms with Crippen LogP contribution in [-0.4, -0.2) is 37.2 Å². The van der Waals surface area contributed by atoms with E-state index in [0.29, 0.717) is 19.3 Å². The van der Waals surface area contributed by atoms with Crippen molar-refractivity contribution in [3.8, 4) is 0 Å². The molecule has 0 N–H and O–H groups in total. The topological polar surface area (TPSA) is 78.9 Å². The highest BCUT2D eigenvalue weighted by Crippen LogP contribution is 2.13. The lowest BCUT2D eigenvalue weighted by Gasteiger charge is -2.18. The summed E-state index contributed by atoms with van der Waals surface area (Å²) in [5.41, 5.74) is 0. The highest BCUT2D eigenvalue weighted by molar-refractivity contribution is 5.71. The summed E-state index contributed by atoms with van der Waals surface area (Å²) in [6.07, 6.45) is 35.0. The van der Waals surface area contributed by atoms with Crippen molar-refractivity contribution in [1.29, 1.82) is 0 Å². The van der Waals surface area contributed by atoms with Crippen molar-refractivity contribution < 1.29 is 28.6 Å². The molecule has 0 aliphatic carbocycles. The minimum Gasteiger partial charge on any atom is -0.462 e. The predicted octanol–water partition coefficient (Wildman–Crippen LogP) is 11.9. The third-order valence-corrected chi connectivity index (χ3v) is 8.52. The number of allylic oxidation sites excluding steroid dienone is 2. The third-order valence-electron chi connectivity index (χ3n) is 8.52. The largest absolute Gasteiger partial charge is 0.462 e. The molecular weight excluding hydrogens is 576 g/mol. The monoisotopic (exact) mass is 651 g/mol. The van der Waals surface area contributed by atoms with Gasteiger partial charge in [0, 0.05) is 19.3 Å². The highest BCUT2D eigenvalue weighted by Gasteiger charge is 2.19. The van der Waals surface area contributed by atoms with E-state index in [0.717, 1.165) is 64.2 Å². The Hall–Kier alpha value is -1.85. The van der Waals surface area contributed by atoms with Gasteiger partial charge in [-0.2, -0.15) is 0 Å².